The molecular weight excluding hydrogens is 166 g/mol. The van der Waals surface area contributed by atoms with Crippen LogP contribution in [-0.4, -0.2) is 11.0 Å². The summed E-state index contributed by atoms with van der Waals surface area (Å²) in [5, 5.41) is 11.5. The van der Waals surface area contributed by atoms with Crippen LogP contribution in [0.4, 0.5) is 0 Å². The predicted molar refractivity (Wildman–Crippen MR) is 49.9 cm³/mol. The highest BCUT2D eigenvalue weighted by Gasteiger charge is 1.95. The van der Waals surface area contributed by atoms with E-state index in [1.165, 1.54) is 6.92 Å². The van der Waals surface area contributed by atoms with Crippen molar-refractivity contribution in [1.82, 2.24) is 5.32 Å². The lowest BCUT2D eigenvalue weighted by atomic mass is 10.1. The fourth-order valence-electron chi connectivity index (χ4n) is 1.06. The number of carbonyl (C=O) groups is 1. The molecular formula is C10H13NO2. The molecule has 13 heavy (non-hydrogen) atoms. The number of aliphatic hydroxyl groups excluding tert-OH is 1. The third kappa shape index (κ3) is 3.25. The van der Waals surface area contributed by atoms with Gasteiger partial charge in [-0.15, -0.1) is 0 Å². The van der Waals surface area contributed by atoms with Crippen LogP contribution in [0.1, 0.15) is 18.1 Å². The van der Waals surface area contributed by atoms with E-state index in [2.05, 4.69) is 5.32 Å². The number of aliphatic hydroxyl groups is 1. The van der Waals surface area contributed by atoms with Gasteiger partial charge in [0.1, 0.15) is 0 Å². The molecule has 0 unspecified atom stereocenters. The van der Waals surface area contributed by atoms with E-state index in [9.17, 15) is 4.79 Å². The van der Waals surface area contributed by atoms with E-state index in [0.717, 1.165) is 11.1 Å². The van der Waals surface area contributed by atoms with Crippen molar-refractivity contribution >= 4 is 5.91 Å². The second-order valence-corrected chi connectivity index (χ2v) is 2.89. The van der Waals surface area contributed by atoms with Crippen molar-refractivity contribution in [2.24, 2.45) is 0 Å². The normalized spacial score (nSPS) is 9.69. The zero-order chi connectivity index (χ0) is 9.68. The summed E-state index contributed by atoms with van der Waals surface area (Å²) in [4.78, 5) is 10.6. The molecule has 0 aliphatic rings. The summed E-state index contributed by atoms with van der Waals surface area (Å²) in [7, 11) is 0. The molecule has 0 fully saturated rings. The monoisotopic (exact) mass is 179 g/mol. The summed E-state index contributed by atoms with van der Waals surface area (Å²) in [5.41, 5.74) is 1.87. The average molecular weight is 179 g/mol. The van der Waals surface area contributed by atoms with Gasteiger partial charge in [-0.2, -0.15) is 0 Å². The number of hydrogen-bond donors (Lipinski definition) is 2. The van der Waals surface area contributed by atoms with Crippen LogP contribution < -0.4 is 5.32 Å². The van der Waals surface area contributed by atoms with Crippen molar-refractivity contribution in [1.29, 1.82) is 0 Å². The van der Waals surface area contributed by atoms with E-state index in [0.29, 0.717) is 6.54 Å². The van der Waals surface area contributed by atoms with Crippen LogP contribution >= 0.6 is 0 Å². The molecule has 0 spiro atoms. The number of amides is 1. The van der Waals surface area contributed by atoms with E-state index in [1.807, 2.05) is 24.3 Å². The molecule has 0 atom stereocenters. The highest BCUT2D eigenvalue weighted by Crippen LogP contribution is 2.04. The number of nitrogens with one attached hydrogen (secondary N) is 1. The maximum Gasteiger partial charge on any atom is 0.217 e. The molecule has 0 saturated carbocycles. The zero-order valence-corrected chi connectivity index (χ0v) is 7.58. The second-order valence-electron chi connectivity index (χ2n) is 2.89. The molecule has 0 aliphatic heterocycles. The number of carbonyl (C=O) groups excluding carboxylic acids is 1. The minimum atomic E-state index is -0.0469. The van der Waals surface area contributed by atoms with Gasteiger partial charge in [0.05, 0.1) is 6.61 Å². The van der Waals surface area contributed by atoms with Crippen molar-refractivity contribution in [2.75, 3.05) is 0 Å². The number of hydrogen-bond acceptors (Lipinski definition) is 2. The second kappa shape index (κ2) is 4.62. The van der Waals surface area contributed by atoms with E-state index in [-0.39, 0.29) is 12.5 Å². The molecule has 1 rings (SSSR count). The third-order valence-electron chi connectivity index (χ3n) is 1.72. The Labute approximate surface area is 77.4 Å². The first-order chi connectivity index (χ1) is 6.22. The molecule has 0 aliphatic carbocycles. The van der Waals surface area contributed by atoms with Crippen LogP contribution in [-0.2, 0) is 17.9 Å². The maximum absolute atomic E-state index is 10.6. The van der Waals surface area contributed by atoms with Gasteiger partial charge in [-0.1, -0.05) is 24.3 Å². The zero-order valence-electron chi connectivity index (χ0n) is 7.58. The highest BCUT2D eigenvalue weighted by atomic mass is 16.3. The van der Waals surface area contributed by atoms with Gasteiger partial charge in [-0.3, -0.25) is 4.79 Å². The Hall–Kier alpha value is -1.35. The molecule has 1 amide bonds. The first kappa shape index (κ1) is 9.74. The van der Waals surface area contributed by atoms with Crippen molar-refractivity contribution < 1.29 is 9.90 Å². The Morgan fingerprint density at radius 1 is 1.46 bits per heavy atom. The van der Waals surface area contributed by atoms with Crippen molar-refractivity contribution in [2.45, 2.75) is 20.1 Å². The van der Waals surface area contributed by atoms with Crippen LogP contribution in [0.15, 0.2) is 24.3 Å². The van der Waals surface area contributed by atoms with Crippen LogP contribution in [0.25, 0.3) is 0 Å². The molecule has 0 bridgehead atoms. The molecule has 0 saturated heterocycles. The fraction of sp³-hybridized carbons (Fsp3) is 0.300. The van der Waals surface area contributed by atoms with Gasteiger partial charge in [0.25, 0.3) is 0 Å². The molecule has 0 heterocycles. The first-order valence-electron chi connectivity index (χ1n) is 4.15. The van der Waals surface area contributed by atoms with Gasteiger partial charge < -0.3 is 10.4 Å². The molecule has 70 valence electrons. The lowest BCUT2D eigenvalue weighted by molar-refractivity contribution is -0.119. The molecule has 2 N–H and O–H groups in total. The summed E-state index contributed by atoms with van der Waals surface area (Å²) >= 11 is 0. The van der Waals surface area contributed by atoms with Gasteiger partial charge in [-0.25, -0.2) is 0 Å². The summed E-state index contributed by atoms with van der Waals surface area (Å²) in [6.45, 7) is 2.03. The third-order valence-corrected chi connectivity index (χ3v) is 1.72. The number of benzene rings is 1. The first-order valence-corrected chi connectivity index (χ1v) is 4.15. The van der Waals surface area contributed by atoms with Crippen molar-refractivity contribution in [3.63, 3.8) is 0 Å². The molecule has 1 aromatic carbocycles. The van der Waals surface area contributed by atoms with E-state index < -0.39 is 0 Å². The SMILES string of the molecule is CC(=O)NCc1cccc(CO)c1. The molecule has 0 radical (unpaired) electrons. The number of rotatable bonds is 3. The van der Waals surface area contributed by atoms with Crippen LogP contribution in [0, 0.1) is 0 Å². The summed E-state index contributed by atoms with van der Waals surface area (Å²) in [6, 6.07) is 7.49. The van der Waals surface area contributed by atoms with Gasteiger partial charge in [-0.05, 0) is 11.1 Å². The van der Waals surface area contributed by atoms with Crippen molar-refractivity contribution in [3.05, 3.63) is 35.4 Å². The Morgan fingerprint density at radius 2 is 2.15 bits per heavy atom. The van der Waals surface area contributed by atoms with Crippen molar-refractivity contribution in [3.8, 4) is 0 Å². The Bertz CT molecular complexity index is 297. The minimum Gasteiger partial charge on any atom is -0.392 e. The molecule has 3 nitrogen and oxygen atoms in total. The largest absolute Gasteiger partial charge is 0.392 e. The lowest BCUT2D eigenvalue weighted by Crippen LogP contribution is -2.18. The molecule has 1 aromatic rings. The lowest BCUT2D eigenvalue weighted by Gasteiger charge is -2.03. The quantitative estimate of drug-likeness (QED) is 0.721. The minimum absolute atomic E-state index is 0.0356. The van der Waals surface area contributed by atoms with Gasteiger partial charge >= 0.3 is 0 Å². The van der Waals surface area contributed by atoms with Crippen LogP contribution in [0.2, 0.25) is 0 Å². The van der Waals surface area contributed by atoms with Gasteiger partial charge in [0.15, 0.2) is 0 Å². The summed E-state index contributed by atoms with van der Waals surface area (Å²) < 4.78 is 0. The fourth-order valence-corrected chi connectivity index (χ4v) is 1.06. The molecule has 3 heteroatoms. The summed E-state index contributed by atoms with van der Waals surface area (Å²) in [5.74, 6) is -0.0469. The topological polar surface area (TPSA) is 49.3 Å². The van der Waals surface area contributed by atoms with E-state index >= 15 is 0 Å². The van der Waals surface area contributed by atoms with Gasteiger partial charge in [0, 0.05) is 13.5 Å². The Morgan fingerprint density at radius 3 is 2.77 bits per heavy atom. The predicted octanol–water partition coefficient (Wildman–Crippen LogP) is 0.815. The average Bonchev–Trinajstić information content (AvgIpc) is 2.15. The van der Waals surface area contributed by atoms with E-state index in [1.54, 1.807) is 0 Å². The van der Waals surface area contributed by atoms with Crippen LogP contribution in [0.5, 0.6) is 0 Å². The molecule has 0 aromatic heterocycles. The highest BCUT2D eigenvalue weighted by molar-refractivity contribution is 5.72. The smallest absolute Gasteiger partial charge is 0.217 e. The Kier molecular flexibility index (Phi) is 3.46. The standard InChI is InChI=1S/C10H13NO2/c1-8(13)11-6-9-3-2-4-10(5-9)7-12/h2-5,12H,6-7H2,1H3,(H,11,13). The van der Waals surface area contributed by atoms with Crippen LogP contribution in [0.3, 0.4) is 0 Å². The summed E-state index contributed by atoms with van der Waals surface area (Å²) in [6.07, 6.45) is 0. The Balaban J connectivity index is 2.61. The maximum atomic E-state index is 10.6. The van der Waals surface area contributed by atoms with E-state index in [4.69, 9.17) is 5.11 Å². The van der Waals surface area contributed by atoms with Gasteiger partial charge in [0.2, 0.25) is 5.91 Å².